The first kappa shape index (κ1) is 14.1. The van der Waals surface area contributed by atoms with Gasteiger partial charge in [0.25, 0.3) is 0 Å². The predicted molar refractivity (Wildman–Crippen MR) is 65.2 cm³/mol. The molecule has 1 aliphatic heterocycles. The van der Waals surface area contributed by atoms with Crippen molar-refractivity contribution in [2.75, 3.05) is 17.3 Å². The van der Waals surface area contributed by atoms with E-state index in [0.29, 0.717) is 24.5 Å². The third kappa shape index (κ3) is 2.83. The highest BCUT2D eigenvalue weighted by atomic mass is 35.5. The molecular formula is C12H12ClF3N2O. The zero-order valence-corrected chi connectivity index (χ0v) is 10.9. The van der Waals surface area contributed by atoms with Crippen molar-refractivity contribution in [2.45, 2.75) is 19.5 Å². The fourth-order valence-electron chi connectivity index (χ4n) is 2.11. The smallest absolute Gasteiger partial charge is 0.310 e. The standard InChI is InChI=1S/C12H12ClF3N2O/c1-7-9(2-3-10(17-7)12(14,15)16)18-6-8(5-13)4-11(18)19/h2-3,8H,4-6H2,1H3. The summed E-state index contributed by atoms with van der Waals surface area (Å²) < 4.78 is 37.5. The van der Waals surface area contributed by atoms with Gasteiger partial charge in [0, 0.05) is 18.8 Å². The molecule has 0 aromatic carbocycles. The summed E-state index contributed by atoms with van der Waals surface area (Å²) in [7, 11) is 0. The number of rotatable bonds is 2. The number of alkyl halides is 4. The highest BCUT2D eigenvalue weighted by Crippen LogP contribution is 2.32. The molecule has 1 saturated heterocycles. The lowest BCUT2D eigenvalue weighted by atomic mass is 10.1. The first-order chi connectivity index (χ1) is 8.82. The van der Waals surface area contributed by atoms with E-state index in [9.17, 15) is 18.0 Å². The number of nitrogens with zero attached hydrogens (tertiary/aromatic N) is 2. The van der Waals surface area contributed by atoms with Gasteiger partial charge in [0.05, 0.1) is 11.4 Å². The van der Waals surface area contributed by atoms with Crippen LogP contribution < -0.4 is 4.90 Å². The largest absolute Gasteiger partial charge is 0.433 e. The van der Waals surface area contributed by atoms with Crippen LogP contribution in [0.25, 0.3) is 0 Å². The average molecular weight is 293 g/mol. The second-order valence-corrected chi connectivity index (χ2v) is 4.84. The molecule has 104 valence electrons. The molecule has 19 heavy (non-hydrogen) atoms. The number of amides is 1. The summed E-state index contributed by atoms with van der Waals surface area (Å²) >= 11 is 5.71. The highest BCUT2D eigenvalue weighted by Gasteiger charge is 2.35. The zero-order chi connectivity index (χ0) is 14.2. The van der Waals surface area contributed by atoms with E-state index in [0.717, 1.165) is 6.07 Å². The molecule has 2 rings (SSSR count). The van der Waals surface area contributed by atoms with Crippen molar-refractivity contribution in [1.82, 2.24) is 4.98 Å². The lowest BCUT2D eigenvalue weighted by Gasteiger charge is -2.19. The van der Waals surface area contributed by atoms with Gasteiger partial charge in [0.2, 0.25) is 5.91 Å². The lowest BCUT2D eigenvalue weighted by Crippen LogP contribution is -2.26. The number of pyridine rings is 1. The summed E-state index contributed by atoms with van der Waals surface area (Å²) in [6, 6.07) is 2.18. The van der Waals surface area contributed by atoms with Gasteiger partial charge < -0.3 is 4.90 Å². The van der Waals surface area contributed by atoms with Crippen molar-refractivity contribution in [3.05, 3.63) is 23.5 Å². The Morgan fingerprint density at radius 2 is 2.16 bits per heavy atom. The Bertz CT molecular complexity index is 504. The Morgan fingerprint density at radius 1 is 1.47 bits per heavy atom. The van der Waals surface area contributed by atoms with Crippen LogP contribution in [-0.2, 0) is 11.0 Å². The van der Waals surface area contributed by atoms with Crippen LogP contribution in [0.15, 0.2) is 12.1 Å². The van der Waals surface area contributed by atoms with Gasteiger partial charge in [-0.25, -0.2) is 4.98 Å². The maximum Gasteiger partial charge on any atom is 0.433 e. The first-order valence-corrected chi connectivity index (χ1v) is 6.27. The molecule has 1 aliphatic rings. The second kappa shape index (κ2) is 5.00. The number of hydrogen-bond donors (Lipinski definition) is 0. The van der Waals surface area contributed by atoms with E-state index in [1.165, 1.54) is 17.9 Å². The van der Waals surface area contributed by atoms with Crippen molar-refractivity contribution in [3.8, 4) is 0 Å². The minimum atomic E-state index is -4.48. The number of aryl methyl sites for hydroxylation is 1. The van der Waals surface area contributed by atoms with Crippen molar-refractivity contribution in [1.29, 1.82) is 0 Å². The molecule has 0 saturated carbocycles. The number of carbonyl (C=O) groups excluding carboxylic acids is 1. The number of aromatic nitrogens is 1. The molecule has 0 N–H and O–H groups in total. The summed E-state index contributed by atoms with van der Waals surface area (Å²) in [6.07, 6.45) is -4.15. The molecule has 0 aliphatic carbocycles. The molecule has 0 bridgehead atoms. The first-order valence-electron chi connectivity index (χ1n) is 5.74. The molecule has 0 radical (unpaired) electrons. The van der Waals surface area contributed by atoms with Gasteiger partial charge in [0.1, 0.15) is 5.69 Å². The van der Waals surface area contributed by atoms with Crippen LogP contribution >= 0.6 is 11.6 Å². The van der Waals surface area contributed by atoms with Crippen LogP contribution in [0.3, 0.4) is 0 Å². The molecule has 1 aromatic rings. The van der Waals surface area contributed by atoms with Gasteiger partial charge in [-0.2, -0.15) is 13.2 Å². The molecule has 1 fully saturated rings. The molecule has 1 amide bonds. The summed E-state index contributed by atoms with van der Waals surface area (Å²) in [4.78, 5) is 16.8. The fraction of sp³-hybridized carbons (Fsp3) is 0.500. The predicted octanol–water partition coefficient (Wildman–Crippen LogP) is 3.00. The number of carbonyl (C=O) groups is 1. The van der Waals surface area contributed by atoms with E-state index < -0.39 is 11.9 Å². The normalized spacial score (nSPS) is 20.2. The summed E-state index contributed by atoms with van der Waals surface area (Å²) in [5.41, 5.74) is -0.335. The SMILES string of the molecule is Cc1nc(C(F)(F)F)ccc1N1CC(CCl)CC1=O. The minimum absolute atomic E-state index is 0.0378. The van der Waals surface area contributed by atoms with E-state index in [-0.39, 0.29) is 17.5 Å². The molecule has 3 nitrogen and oxygen atoms in total. The summed E-state index contributed by atoms with van der Waals surface area (Å²) in [5.74, 6) is 0.265. The number of anilines is 1. The van der Waals surface area contributed by atoms with Crippen LogP contribution in [0.4, 0.5) is 18.9 Å². The average Bonchev–Trinajstić information content (AvgIpc) is 2.69. The minimum Gasteiger partial charge on any atom is -0.310 e. The number of halogens is 4. The van der Waals surface area contributed by atoms with Gasteiger partial charge in [-0.3, -0.25) is 4.79 Å². The lowest BCUT2D eigenvalue weighted by molar-refractivity contribution is -0.141. The van der Waals surface area contributed by atoms with Crippen LogP contribution in [-0.4, -0.2) is 23.3 Å². The quantitative estimate of drug-likeness (QED) is 0.785. The van der Waals surface area contributed by atoms with E-state index in [4.69, 9.17) is 11.6 Å². The fourth-order valence-corrected chi connectivity index (χ4v) is 2.32. The Kier molecular flexibility index (Phi) is 3.71. The van der Waals surface area contributed by atoms with Crippen LogP contribution in [0.5, 0.6) is 0 Å². The van der Waals surface area contributed by atoms with Crippen molar-refractivity contribution < 1.29 is 18.0 Å². The van der Waals surface area contributed by atoms with Crippen LogP contribution in [0.1, 0.15) is 17.8 Å². The summed E-state index contributed by atoms with van der Waals surface area (Å²) in [5, 5.41) is 0. The summed E-state index contributed by atoms with van der Waals surface area (Å²) in [6.45, 7) is 1.89. The molecule has 7 heteroatoms. The van der Waals surface area contributed by atoms with E-state index >= 15 is 0 Å². The Morgan fingerprint density at radius 3 is 2.63 bits per heavy atom. The van der Waals surface area contributed by atoms with Crippen molar-refractivity contribution >= 4 is 23.2 Å². The van der Waals surface area contributed by atoms with Gasteiger partial charge in [-0.15, -0.1) is 11.6 Å². The molecule has 0 spiro atoms. The van der Waals surface area contributed by atoms with Crippen molar-refractivity contribution in [2.24, 2.45) is 5.92 Å². The zero-order valence-electron chi connectivity index (χ0n) is 10.2. The van der Waals surface area contributed by atoms with Gasteiger partial charge >= 0.3 is 6.18 Å². The van der Waals surface area contributed by atoms with Gasteiger partial charge in [-0.1, -0.05) is 0 Å². The van der Waals surface area contributed by atoms with E-state index in [1.807, 2.05) is 0 Å². The van der Waals surface area contributed by atoms with Gasteiger partial charge in [-0.05, 0) is 25.0 Å². The highest BCUT2D eigenvalue weighted by molar-refractivity contribution is 6.18. The maximum atomic E-state index is 12.5. The molecule has 2 heterocycles. The van der Waals surface area contributed by atoms with E-state index in [1.54, 1.807) is 0 Å². The van der Waals surface area contributed by atoms with Crippen LogP contribution in [0, 0.1) is 12.8 Å². The second-order valence-electron chi connectivity index (χ2n) is 4.53. The molecular weight excluding hydrogens is 281 g/mol. The van der Waals surface area contributed by atoms with Gasteiger partial charge in [0.15, 0.2) is 0 Å². The van der Waals surface area contributed by atoms with Crippen molar-refractivity contribution in [3.63, 3.8) is 0 Å². The van der Waals surface area contributed by atoms with E-state index in [2.05, 4.69) is 4.98 Å². The molecule has 1 atom stereocenters. The topological polar surface area (TPSA) is 33.2 Å². The monoisotopic (exact) mass is 292 g/mol. The Balaban J connectivity index is 2.30. The molecule has 1 unspecified atom stereocenters. The number of hydrogen-bond acceptors (Lipinski definition) is 2. The maximum absolute atomic E-state index is 12.5. The third-order valence-corrected chi connectivity index (χ3v) is 3.50. The Labute approximate surface area is 113 Å². The Hall–Kier alpha value is -1.30. The molecule has 1 aromatic heterocycles. The third-order valence-electron chi connectivity index (χ3n) is 3.06. The van der Waals surface area contributed by atoms with Crippen LogP contribution in [0.2, 0.25) is 0 Å².